The number of amides is 1. The van der Waals surface area contributed by atoms with E-state index in [1.54, 1.807) is 19.1 Å². The first-order chi connectivity index (χ1) is 13.0. The zero-order valence-corrected chi connectivity index (χ0v) is 15.0. The quantitative estimate of drug-likeness (QED) is 0.772. The van der Waals surface area contributed by atoms with E-state index in [1.165, 1.54) is 19.2 Å². The third kappa shape index (κ3) is 4.11. The van der Waals surface area contributed by atoms with E-state index in [0.717, 1.165) is 5.56 Å². The summed E-state index contributed by atoms with van der Waals surface area (Å²) < 4.78 is 15.9. The van der Waals surface area contributed by atoms with Crippen molar-refractivity contribution in [3.8, 4) is 28.4 Å². The predicted molar refractivity (Wildman–Crippen MR) is 95.9 cm³/mol. The van der Waals surface area contributed by atoms with E-state index in [2.05, 4.69) is 10.3 Å². The van der Waals surface area contributed by atoms with Crippen molar-refractivity contribution in [3.05, 3.63) is 36.2 Å². The molecule has 8 heteroatoms. The van der Waals surface area contributed by atoms with Gasteiger partial charge in [-0.2, -0.15) is 0 Å². The molecule has 27 heavy (non-hydrogen) atoms. The molecule has 3 rings (SSSR count). The first-order valence-corrected chi connectivity index (χ1v) is 8.56. The van der Waals surface area contributed by atoms with Crippen LogP contribution in [0.4, 0.5) is 0 Å². The van der Waals surface area contributed by atoms with Crippen molar-refractivity contribution in [3.63, 3.8) is 0 Å². The van der Waals surface area contributed by atoms with E-state index in [0.29, 0.717) is 30.3 Å². The summed E-state index contributed by atoms with van der Waals surface area (Å²) in [5.74, 6) is -0.245. The van der Waals surface area contributed by atoms with Gasteiger partial charge in [0, 0.05) is 11.8 Å². The van der Waals surface area contributed by atoms with Gasteiger partial charge in [0.2, 0.25) is 0 Å². The fraction of sp³-hybridized carbons (Fsp3) is 0.316. The molecule has 0 bridgehead atoms. The van der Waals surface area contributed by atoms with Crippen molar-refractivity contribution in [2.75, 3.05) is 19.8 Å². The topological polar surface area (TPSA) is 107 Å². The Labute approximate surface area is 156 Å². The van der Waals surface area contributed by atoms with E-state index < -0.39 is 17.9 Å². The van der Waals surface area contributed by atoms with Crippen LogP contribution in [0.3, 0.4) is 0 Å². The molecular weight excluding hydrogens is 352 g/mol. The van der Waals surface area contributed by atoms with Crippen molar-refractivity contribution in [1.82, 2.24) is 10.3 Å². The molecule has 1 atom stereocenters. The van der Waals surface area contributed by atoms with Gasteiger partial charge in [0.05, 0.1) is 6.61 Å². The number of nitrogens with zero attached hydrogens (tertiary/aromatic N) is 1. The molecule has 0 fully saturated rings. The molecule has 1 amide bonds. The zero-order valence-electron chi connectivity index (χ0n) is 15.0. The molecule has 2 heterocycles. The molecule has 1 aliphatic rings. The van der Waals surface area contributed by atoms with E-state index in [9.17, 15) is 14.7 Å². The number of ether oxygens (including phenoxy) is 3. The van der Waals surface area contributed by atoms with Crippen molar-refractivity contribution in [1.29, 1.82) is 0 Å². The summed E-state index contributed by atoms with van der Waals surface area (Å²) in [4.78, 5) is 27.9. The second-order valence-corrected chi connectivity index (χ2v) is 5.90. The van der Waals surface area contributed by atoms with Gasteiger partial charge in [-0.3, -0.25) is 4.79 Å². The maximum atomic E-state index is 12.2. The van der Waals surface area contributed by atoms with Gasteiger partial charge >= 0.3 is 5.97 Å². The summed E-state index contributed by atoms with van der Waals surface area (Å²) in [7, 11) is 0. The van der Waals surface area contributed by atoms with Crippen molar-refractivity contribution in [2.24, 2.45) is 0 Å². The van der Waals surface area contributed by atoms with Crippen molar-refractivity contribution < 1.29 is 28.9 Å². The molecule has 1 aromatic heterocycles. The van der Waals surface area contributed by atoms with Crippen LogP contribution in [0.5, 0.6) is 17.2 Å². The fourth-order valence-electron chi connectivity index (χ4n) is 2.60. The van der Waals surface area contributed by atoms with Crippen LogP contribution in [0.1, 0.15) is 24.3 Å². The largest absolute Gasteiger partial charge is 0.505 e. The number of aromatic nitrogens is 1. The van der Waals surface area contributed by atoms with Crippen LogP contribution >= 0.6 is 0 Å². The highest BCUT2D eigenvalue weighted by Gasteiger charge is 2.21. The number of esters is 1. The Morgan fingerprint density at radius 1 is 1.22 bits per heavy atom. The SMILES string of the molecule is CCOC(=O)C(C)NC(=O)c1ncc(-c2ccc3c(c2)OCCO3)cc1O. The number of fused-ring (bicyclic) bond motifs is 1. The Morgan fingerprint density at radius 3 is 2.67 bits per heavy atom. The molecule has 0 saturated carbocycles. The van der Waals surface area contributed by atoms with Gasteiger partial charge in [-0.05, 0) is 37.6 Å². The molecule has 2 aromatic rings. The summed E-state index contributed by atoms with van der Waals surface area (Å²) in [6.07, 6.45) is 1.47. The Bertz CT molecular complexity index is 867. The lowest BCUT2D eigenvalue weighted by Crippen LogP contribution is -2.39. The molecule has 1 unspecified atom stereocenters. The summed E-state index contributed by atoms with van der Waals surface area (Å²) in [6, 6.07) is 5.96. The molecule has 2 N–H and O–H groups in total. The molecule has 8 nitrogen and oxygen atoms in total. The Morgan fingerprint density at radius 2 is 1.96 bits per heavy atom. The van der Waals surface area contributed by atoms with Gasteiger partial charge in [-0.1, -0.05) is 6.07 Å². The van der Waals surface area contributed by atoms with Crippen molar-refractivity contribution >= 4 is 11.9 Å². The third-order valence-electron chi connectivity index (χ3n) is 3.95. The van der Waals surface area contributed by atoms with Crippen LogP contribution in [-0.4, -0.2) is 47.8 Å². The maximum absolute atomic E-state index is 12.2. The fourth-order valence-corrected chi connectivity index (χ4v) is 2.60. The van der Waals surface area contributed by atoms with E-state index in [1.807, 2.05) is 6.07 Å². The van der Waals surface area contributed by atoms with E-state index in [4.69, 9.17) is 14.2 Å². The van der Waals surface area contributed by atoms with Crippen LogP contribution in [0.2, 0.25) is 0 Å². The lowest BCUT2D eigenvalue weighted by molar-refractivity contribution is -0.144. The standard InChI is InChI=1S/C19H20N2O6/c1-3-25-19(24)11(2)21-18(23)17-14(22)8-13(10-20-17)12-4-5-15-16(9-12)27-7-6-26-15/h4-5,8-11,22H,3,6-7H2,1-2H3,(H,21,23). The summed E-state index contributed by atoms with van der Waals surface area (Å²) in [6.45, 7) is 4.36. The molecule has 1 aliphatic heterocycles. The second-order valence-electron chi connectivity index (χ2n) is 5.90. The van der Waals surface area contributed by atoms with E-state index in [-0.39, 0.29) is 18.1 Å². The smallest absolute Gasteiger partial charge is 0.328 e. The van der Waals surface area contributed by atoms with Crippen molar-refractivity contribution in [2.45, 2.75) is 19.9 Å². The molecule has 0 aliphatic carbocycles. The molecule has 0 radical (unpaired) electrons. The number of hydrogen-bond acceptors (Lipinski definition) is 7. The van der Waals surface area contributed by atoms with Crippen LogP contribution in [0.15, 0.2) is 30.5 Å². The van der Waals surface area contributed by atoms with E-state index >= 15 is 0 Å². The average molecular weight is 372 g/mol. The summed E-state index contributed by atoms with van der Waals surface area (Å²) in [5.41, 5.74) is 1.20. The zero-order chi connectivity index (χ0) is 19.4. The minimum absolute atomic E-state index is 0.174. The lowest BCUT2D eigenvalue weighted by Gasteiger charge is -2.19. The first kappa shape index (κ1) is 18.5. The monoisotopic (exact) mass is 372 g/mol. The number of benzene rings is 1. The van der Waals surface area contributed by atoms with Gasteiger partial charge in [-0.15, -0.1) is 0 Å². The summed E-state index contributed by atoms with van der Waals surface area (Å²) >= 11 is 0. The minimum atomic E-state index is -0.851. The minimum Gasteiger partial charge on any atom is -0.505 e. The predicted octanol–water partition coefficient (Wildman–Crippen LogP) is 1.91. The Hall–Kier alpha value is -3.29. The van der Waals surface area contributed by atoms with Gasteiger partial charge in [-0.25, -0.2) is 9.78 Å². The van der Waals surface area contributed by atoms with Gasteiger partial charge in [0.25, 0.3) is 5.91 Å². The average Bonchev–Trinajstić information content (AvgIpc) is 2.67. The van der Waals surface area contributed by atoms with Crippen LogP contribution in [0.25, 0.3) is 11.1 Å². The normalized spacial score (nSPS) is 13.6. The number of aromatic hydroxyl groups is 1. The number of pyridine rings is 1. The molecule has 0 spiro atoms. The first-order valence-electron chi connectivity index (χ1n) is 8.56. The van der Waals surface area contributed by atoms with Crippen LogP contribution in [-0.2, 0) is 9.53 Å². The van der Waals surface area contributed by atoms with Crippen LogP contribution < -0.4 is 14.8 Å². The second kappa shape index (κ2) is 7.94. The molecule has 0 saturated heterocycles. The highest BCUT2D eigenvalue weighted by Crippen LogP contribution is 2.35. The van der Waals surface area contributed by atoms with Gasteiger partial charge < -0.3 is 24.6 Å². The molecule has 1 aromatic carbocycles. The molecule has 142 valence electrons. The lowest BCUT2D eigenvalue weighted by atomic mass is 10.1. The van der Waals surface area contributed by atoms with Gasteiger partial charge in [0.1, 0.15) is 25.0 Å². The molecular formula is C19H20N2O6. The number of nitrogens with one attached hydrogen (secondary N) is 1. The Balaban J connectivity index is 1.77. The number of carbonyl (C=O) groups excluding carboxylic acids is 2. The highest BCUT2D eigenvalue weighted by atomic mass is 16.6. The number of hydrogen-bond donors (Lipinski definition) is 2. The highest BCUT2D eigenvalue weighted by molar-refractivity contribution is 5.97. The van der Waals surface area contributed by atoms with Gasteiger partial charge in [0.15, 0.2) is 17.2 Å². The van der Waals surface area contributed by atoms with Crippen LogP contribution in [0, 0.1) is 0 Å². The maximum Gasteiger partial charge on any atom is 0.328 e. The number of carbonyl (C=O) groups is 2. The third-order valence-corrected chi connectivity index (χ3v) is 3.95. The number of rotatable bonds is 5. The Kier molecular flexibility index (Phi) is 5.44. The summed E-state index contributed by atoms with van der Waals surface area (Å²) in [5, 5.41) is 12.7.